The Morgan fingerprint density at radius 1 is 0.932 bits per heavy atom. The number of carbonyl (C=O) groups is 1. The Bertz CT molecular complexity index is 1560. The van der Waals surface area contributed by atoms with E-state index in [-0.39, 0.29) is 6.54 Å². The van der Waals surface area contributed by atoms with Crippen LogP contribution in [0.2, 0.25) is 0 Å². The predicted molar refractivity (Wildman–Crippen MR) is 149 cm³/mol. The molecular weight excluding hydrogens is 616 g/mol. The van der Waals surface area contributed by atoms with Gasteiger partial charge in [-0.25, -0.2) is 13.1 Å². The Labute approximate surface area is 249 Å². The third-order valence-electron chi connectivity index (χ3n) is 6.69. The molecule has 0 spiro atoms. The van der Waals surface area contributed by atoms with Gasteiger partial charge in [0.25, 0.3) is 5.91 Å². The Balaban J connectivity index is 1.38. The van der Waals surface area contributed by atoms with Gasteiger partial charge >= 0.3 is 12.4 Å². The van der Waals surface area contributed by atoms with Gasteiger partial charge in [-0.2, -0.15) is 26.3 Å². The number of hydrogen-bond donors (Lipinski definition) is 1. The van der Waals surface area contributed by atoms with Crippen LogP contribution in [0.15, 0.2) is 54.6 Å². The Kier molecular flexibility index (Phi) is 10.0. The number of sulfonamides is 1. The summed E-state index contributed by atoms with van der Waals surface area (Å²) >= 11 is 0. The molecule has 1 N–H and O–H groups in total. The number of hydrogen-bond acceptors (Lipinski definition) is 8. The molecule has 2 aromatic carbocycles. The van der Waals surface area contributed by atoms with E-state index in [1.807, 2.05) is 16.7 Å². The van der Waals surface area contributed by atoms with Crippen molar-refractivity contribution in [2.45, 2.75) is 32.2 Å². The molecule has 2 heterocycles. The van der Waals surface area contributed by atoms with Crippen LogP contribution in [0.5, 0.6) is 5.75 Å². The summed E-state index contributed by atoms with van der Waals surface area (Å²) in [6, 6.07) is 13.5. The van der Waals surface area contributed by atoms with Gasteiger partial charge < -0.3 is 9.64 Å². The molecule has 1 aliphatic heterocycles. The molecule has 1 fully saturated rings. The second-order valence-corrected chi connectivity index (χ2v) is 11.9. The number of benzene rings is 2. The minimum atomic E-state index is -4.70. The van der Waals surface area contributed by atoms with Crippen LogP contribution in [0.25, 0.3) is 11.1 Å². The zero-order chi connectivity index (χ0) is 32.1. The molecule has 238 valence electrons. The van der Waals surface area contributed by atoms with Crippen LogP contribution < -0.4 is 14.4 Å². The van der Waals surface area contributed by atoms with Crippen LogP contribution >= 0.6 is 0 Å². The number of aromatic nitrogens is 2. The van der Waals surface area contributed by atoms with E-state index in [0.29, 0.717) is 61.0 Å². The monoisotopic (exact) mass is 645 g/mol. The molecule has 16 heteroatoms. The highest BCUT2D eigenvalue weighted by Gasteiger charge is 2.32. The molecule has 3 aromatic rings. The Morgan fingerprint density at radius 3 is 2.27 bits per heavy atom. The molecule has 1 aromatic heterocycles. The Hall–Kier alpha value is -3.92. The molecule has 0 aliphatic carbocycles. The fourth-order valence-corrected chi connectivity index (χ4v) is 5.54. The SMILES string of the molecule is CCOc1cccc(-c2cc(CN3CCN(c4ccc(C(=O)NS(=O)(=O)CCC(F)(F)F)nn4)CC3)cc(C(F)(F)F)c2)c1. The average molecular weight is 646 g/mol. The smallest absolute Gasteiger partial charge is 0.416 e. The minimum absolute atomic E-state index is 0.267. The molecule has 0 atom stereocenters. The summed E-state index contributed by atoms with van der Waals surface area (Å²) in [7, 11) is -4.53. The number of anilines is 1. The maximum absolute atomic E-state index is 13.8. The summed E-state index contributed by atoms with van der Waals surface area (Å²) in [5, 5.41) is 7.64. The van der Waals surface area contributed by atoms with Gasteiger partial charge in [-0.05, 0) is 66.1 Å². The van der Waals surface area contributed by atoms with E-state index >= 15 is 0 Å². The number of halogens is 6. The van der Waals surface area contributed by atoms with Crippen LogP contribution in [0.4, 0.5) is 32.2 Å². The van der Waals surface area contributed by atoms with E-state index in [2.05, 4.69) is 10.2 Å². The summed E-state index contributed by atoms with van der Waals surface area (Å²) in [5.74, 6) is -1.58. The average Bonchev–Trinajstić information content (AvgIpc) is 2.96. The van der Waals surface area contributed by atoms with E-state index in [9.17, 15) is 39.6 Å². The molecule has 0 bridgehead atoms. The van der Waals surface area contributed by atoms with Crippen LogP contribution in [-0.4, -0.2) is 74.1 Å². The number of rotatable bonds is 10. The van der Waals surface area contributed by atoms with Crippen molar-refractivity contribution in [1.29, 1.82) is 0 Å². The molecule has 9 nitrogen and oxygen atoms in total. The van der Waals surface area contributed by atoms with Gasteiger partial charge in [-0.3, -0.25) is 9.69 Å². The lowest BCUT2D eigenvalue weighted by Crippen LogP contribution is -2.46. The fraction of sp³-hybridized carbons (Fsp3) is 0.393. The van der Waals surface area contributed by atoms with E-state index in [4.69, 9.17) is 4.74 Å². The Morgan fingerprint density at radius 2 is 1.66 bits per heavy atom. The molecule has 1 aliphatic rings. The van der Waals surface area contributed by atoms with E-state index in [0.717, 1.165) is 12.1 Å². The number of amides is 1. The molecule has 44 heavy (non-hydrogen) atoms. The third-order valence-corrected chi connectivity index (χ3v) is 7.92. The lowest BCUT2D eigenvalue weighted by atomic mass is 9.99. The van der Waals surface area contributed by atoms with Gasteiger partial charge in [0, 0.05) is 32.7 Å². The van der Waals surface area contributed by atoms with Crippen LogP contribution in [0.3, 0.4) is 0 Å². The first kappa shape index (κ1) is 33.0. The minimum Gasteiger partial charge on any atom is -0.494 e. The van der Waals surface area contributed by atoms with Crippen LogP contribution in [0.1, 0.15) is 35.0 Å². The first-order valence-corrected chi connectivity index (χ1v) is 15.1. The van der Waals surface area contributed by atoms with Crippen molar-refractivity contribution in [3.05, 3.63) is 71.4 Å². The number of alkyl halides is 6. The van der Waals surface area contributed by atoms with Crippen LogP contribution in [-0.2, 0) is 22.7 Å². The molecule has 1 amide bonds. The number of nitrogens with zero attached hydrogens (tertiary/aromatic N) is 4. The first-order chi connectivity index (χ1) is 20.6. The molecule has 4 rings (SSSR count). The third kappa shape index (κ3) is 9.29. The van der Waals surface area contributed by atoms with Gasteiger partial charge in [0.2, 0.25) is 10.0 Å². The van der Waals surface area contributed by atoms with Crippen molar-refractivity contribution in [2.75, 3.05) is 43.4 Å². The van der Waals surface area contributed by atoms with Crippen molar-refractivity contribution in [3.8, 4) is 16.9 Å². The van der Waals surface area contributed by atoms with Gasteiger partial charge in [0.1, 0.15) is 5.75 Å². The molecular formula is C28H29F6N5O4S. The van der Waals surface area contributed by atoms with E-state index in [1.54, 1.807) is 35.1 Å². The first-order valence-electron chi connectivity index (χ1n) is 13.5. The highest BCUT2D eigenvalue weighted by molar-refractivity contribution is 7.90. The fourth-order valence-electron chi connectivity index (χ4n) is 4.55. The number of piperazine rings is 1. The lowest BCUT2D eigenvalue weighted by molar-refractivity contribution is -0.137. The quantitative estimate of drug-likeness (QED) is 0.311. The highest BCUT2D eigenvalue weighted by Crippen LogP contribution is 2.35. The zero-order valence-electron chi connectivity index (χ0n) is 23.5. The van der Waals surface area contributed by atoms with E-state index in [1.165, 1.54) is 12.1 Å². The zero-order valence-corrected chi connectivity index (χ0v) is 24.3. The number of nitrogens with one attached hydrogen (secondary N) is 1. The van der Waals surface area contributed by atoms with Crippen molar-refractivity contribution < 1.29 is 44.3 Å². The summed E-state index contributed by atoms with van der Waals surface area (Å²) in [6.45, 7) is 4.35. The summed E-state index contributed by atoms with van der Waals surface area (Å²) in [6.07, 6.45) is -10.8. The van der Waals surface area contributed by atoms with Crippen molar-refractivity contribution >= 4 is 21.7 Å². The highest BCUT2D eigenvalue weighted by atomic mass is 32.2. The van der Waals surface area contributed by atoms with Gasteiger partial charge in [0.15, 0.2) is 11.5 Å². The number of ether oxygens (including phenoxy) is 1. The molecule has 0 saturated carbocycles. The summed E-state index contributed by atoms with van der Waals surface area (Å²) in [4.78, 5) is 16.0. The topological polar surface area (TPSA) is 105 Å². The van der Waals surface area contributed by atoms with Crippen molar-refractivity contribution in [3.63, 3.8) is 0 Å². The van der Waals surface area contributed by atoms with Gasteiger partial charge in [-0.15, -0.1) is 10.2 Å². The second kappa shape index (κ2) is 13.4. The van der Waals surface area contributed by atoms with Crippen LogP contribution in [0, 0.1) is 0 Å². The largest absolute Gasteiger partial charge is 0.494 e. The summed E-state index contributed by atoms with van der Waals surface area (Å²) < 4.78 is 109. The maximum atomic E-state index is 13.8. The number of carbonyl (C=O) groups excluding carboxylic acids is 1. The predicted octanol–water partition coefficient (Wildman–Crippen LogP) is 4.90. The van der Waals surface area contributed by atoms with Crippen molar-refractivity contribution in [2.24, 2.45) is 0 Å². The lowest BCUT2D eigenvalue weighted by Gasteiger charge is -2.35. The van der Waals surface area contributed by atoms with E-state index < -0.39 is 51.7 Å². The maximum Gasteiger partial charge on any atom is 0.416 e. The molecule has 1 saturated heterocycles. The summed E-state index contributed by atoms with van der Waals surface area (Å²) in [5.41, 5.74) is 0.365. The van der Waals surface area contributed by atoms with Crippen molar-refractivity contribution in [1.82, 2.24) is 19.8 Å². The molecule has 0 unspecified atom stereocenters. The van der Waals surface area contributed by atoms with Gasteiger partial charge in [0.05, 0.1) is 24.3 Å². The second-order valence-electron chi connectivity index (χ2n) is 10.0. The molecule has 0 radical (unpaired) electrons. The van der Waals surface area contributed by atoms with Gasteiger partial charge in [-0.1, -0.05) is 12.1 Å². The standard InChI is InChI=1S/C28H29F6N5O4S/c1-2-43-23-5-3-4-20(17-23)21-14-19(15-22(16-21)28(32,33)34)18-38-9-11-39(12-10-38)25-7-6-24(35-36-25)26(40)37-44(41,42)13-8-27(29,30)31/h3-7,14-17H,2,8-13,18H2,1H3,(H,37,40). The normalized spacial score (nSPS) is 14.8.